The van der Waals surface area contributed by atoms with E-state index in [4.69, 9.17) is 11.6 Å². The van der Waals surface area contributed by atoms with Crippen molar-refractivity contribution in [2.24, 2.45) is 0 Å². The topological polar surface area (TPSA) is 64.0 Å². The fourth-order valence-corrected chi connectivity index (χ4v) is 3.18. The van der Waals surface area contributed by atoms with Gasteiger partial charge in [-0.2, -0.15) is 0 Å². The number of benzene rings is 2. The molecule has 1 aromatic heterocycles. The van der Waals surface area contributed by atoms with Crippen molar-refractivity contribution >= 4 is 34.1 Å². The molecular formula is C18H13ClFN3O2. The number of aromatic nitrogens is 2. The van der Waals surface area contributed by atoms with E-state index in [-0.39, 0.29) is 16.5 Å². The summed E-state index contributed by atoms with van der Waals surface area (Å²) < 4.78 is 14.9. The molecule has 2 heterocycles. The lowest BCUT2D eigenvalue weighted by molar-refractivity contribution is 0.102. The van der Waals surface area contributed by atoms with E-state index < -0.39 is 5.82 Å². The third kappa shape index (κ3) is 2.78. The predicted octanol–water partition coefficient (Wildman–Crippen LogP) is 3.39. The lowest BCUT2D eigenvalue weighted by Gasteiger charge is -2.08. The molecule has 25 heavy (non-hydrogen) atoms. The Morgan fingerprint density at radius 3 is 2.88 bits per heavy atom. The summed E-state index contributed by atoms with van der Waals surface area (Å²) in [6.45, 7) is 0.685. The monoisotopic (exact) mass is 357 g/mol. The van der Waals surface area contributed by atoms with Crippen molar-refractivity contribution in [3.05, 3.63) is 69.0 Å². The van der Waals surface area contributed by atoms with Gasteiger partial charge in [-0.3, -0.25) is 14.2 Å². The van der Waals surface area contributed by atoms with Crippen molar-refractivity contribution in [2.75, 3.05) is 5.32 Å². The van der Waals surface area contributed by atoms with Gasteiger partial charge in [-0.25, -0.2) is 9.37 Å². The fourth-order valence-electron chi connectivity index (χ4n) is 3.00. The smallest absolute Gasteiger partial charge is 0.261 e. The summed E-state index contributed by atoms with van der Waals surface area (Å²) in [6, 6.07) is 8.74. The first-order valence-electron chi connectivity index (χ1n) is 7.83. The third-order valence-electron chi connectivity index (χ3n) is 4.26. The normalized spacial score (nSPS) is 13.0. The molecule has 0 radical (unpaired) electrons. The minimum Gasteiger partial charge on any atom is -0.322 e. The number of halogens is 2. The van der Waals surface area contributed by atoms with Gasteiger partial charge in [0.25, 0.3) is 11.5 Å². The number of hydrogen-bond acceptors (Lipinski definition) is 3. The van der Waals surface area contributed by atoms with Crippen LogP contribution in [0.2, 0.25) is 5.02 Å². The number of rotatable bonds is 2. The van der Waals surface area contributed by atoms with Gasteiger partial charge in [-0.15, -0.1) is 0 Å². The van der Waals surface area contributed by atoms with Crippen LogP contribution in [-0.2, 0) is 13.0 Å². The van der Waals surface area contributed by atoms with E-state index in [0.29, 0.717) is 28.7 Å². The molecule has 3 aromatic rings. The van der Waals surface area contributed by atoms with Crippen LogP contribution in [0.25, 0.3) is 10.9 Å². The molecule has 0 fully saturated rings. The highest BCUT2D eigenvalue weighted by Gasteiger charge is 2.17. The lowest BCUT2D eigenvalue weighted by Crippen LogP contribution is -2.21. The van der Waals surface area contributed by atoms with E-state index in [1.54, 1.807) is 22.8 Å². The van der Waals surface area contributed by atoms with Crippen LogP contribution in [-0.4, -0.2) is 15.5 Å². The number of aryl methyl sites for hydroxylation is 1. The number of anilines is 1. The van der Waals surface area contributed by atoms with Crippen molar-refractivity contribution in [1.82, 2.24) is 9.55 Å². The van der Waals surface area contributed by atoms with Crippen LogP contribution in [0, 0.1) is 5.82 Å². The van der Waals surface area contributed by atoms with Crippen molar-refractivity contribution in [3.8, 4) is 0 Å². The lowest BCUT2D eigenvalue weighted by atomic mass is 10.1. The van der Waals surface area contributed by atoms with Crippen molar-refractivity contribution in [1.29, 1.82) is 0 Å². The SMILES string of the molecule is O=C(Nc1ccc(F)c(Cl)c1)c1ccc2c(=O)n3c(nc2c1)CCC3. The van der Waals surface area contributed by atoms with E-state index >= 15 is 0 Å². The molecule has 0 aliphatic carbocycles. The molecule has 5 nitrogen and oxygen atoms in total. The highest BCUT2D eigenvalue weighted by Crippen LogP contribution is 2.21. The van der Waals surface area contributed by atoms with Crippen LogP contribution < -0.4 is 10.9 Å². The predicted molar refractivity (Wildman–Crippen MR) is 93.7 cm³/mol. The van der Waals surface area contributed by atoms with Crippen LogP contribution in [0.3, 0.4) is 0 Å². The molecule has 2 aromatic carbocycles. The van der Waals surface area contributed by atoms with E-state index in [0.717, 1.165) is 18.7 Å². The molecule has 0 unspecified atom stereocenters. The summed E-state index contributed by atoms with van der Waals surface area (Å²) >= 11 is 5.72. The van der Waals surface area contributed by atoms with Gasteiger partial charge in [0.1, 0.15) is 11.6 Å². The molecule has 0 atom stereocenters. The highest BCUT2D eigenvalue weighted by molar-refractivity contribution is 6.31. The van der Waals surface area contributed by atoms with Gasteiger partial charge in [-0.05, 0) is 42.8 Å². The molecule has 0 spiro atoms. The Balaban J connectivity index is 1.69. The number of hydrogen-bond donors (Lipinski definition) is 1. The second kappa shape index (κ2) is 5.97. The minimum atomic E-state index is -0.552. The Morgan fingerprint density at radius 1 is 1.24 bits per heavy atom. The van der Waals surface area contributed by atoms with Gasteiger partial charge >= 0.3 is 0 Å². The van der Waals surface area contributed by atoms with Gasteiger partial charge < -0.3 is 5.32 Å². The summed E-state index contributed by atoms with van der Waals surface area (Å²) in [5, 5.41) is 3.08. The molecule has 1 N–H and O–H groups in total. The van der Waals surface area contributed by atoms with Gasteiger partial charge in [0, 0.05) is 24.2 Å². The quantitative estimate of drug-likeness (QED) is 0.764. The van der Waals surface area contributed by atoms with Crippen molar-refractivity contribution < 1.29 is 9.18 Å². The molecule has 4 rings (SSSR count). The van der Waals surface area contributed by atoms with Gasteiger partial charge in [0.15, 0.2) is 0 Å². The number of fused-ring (bicyclic) bond motifs is 2. The largest absolute Gasteiger partial charge is 0.322 e. The molecule has 0 saturated heterocycles. The summed E-state index contributed by atoms with van der Waals surface area (Å²) in [7, 11) is 0. The van der Waals surface area contributed by atoms with E-state index in [9.17, 15) is 14.0 Å². The van der Waals surface area contributed by atoms with Gasteiger partial charge in [0.05, 0.1) is 15.9 Å². The Bertz CT molecular complexity index is 1080. The zero-order chi connectivity index (χ0) is 17.6. The van der Waals surface area contributed by atoms with Crippen molar-refractivity contribution in [3.63, 3.8) is 0 Å². The van der Waals surface area contributed by atoms with E-state index in [2.05, 4.69) is 10.3 Å². The maximum absolute atomic E-state index is 13.2. The second-order valence-corrected chi connectivity index (χ2v) is 6.31. The molecule has 126 valence electrons. The van der Waals surface area contributed by atoms with E-state index in [1.807, 2.05) is 0 Å². The van der Waals surface area contributed by atoms with Crippen LogP contribution in [0.1, 0.15) is 22.6 Å². The van der Waals surface area contributed by atoms with Crippen LogP contribution in [0.4, 0.5) is 10.1 Å². The highest BCUT2D eigenvalue weighted by atomic mass is 35.5. The third-order valence-corrected chi connectivity index (χ3v) is 4.55. The molecule has 0 saturated carbocycles. The second-order valence-electron chi connectivity index (χ2n) is 5.90. The zero-order valence-corrected chi connectivity index (χ0v) is 13.8. The maximum Gasteiger partial charge on any atom is 0.261 e. The average molecular weight is 358 g/mol. The number of carbonyl (C=O) groups excluding carboxylic acids is 1. The summed E-state index contributed by atoms with van der Waals surface area (Å²) in [5.74, 6) is -0.184. The Labute approximate surface area is 147 Å². The maximum atomic E-state index is 13.2. The Hall–Kier alpha value is -2.73. The van der Waals surface area contributed by atoms with E-state index in [1.165, 1.54) is 18.2 Å². The molecule has 1 aliphatic rings. The Morgan fingerprint density at radius 2 is 2.08 bits per heavy atom. The average Bonchev–Trinajstić information content (AvgIpc) is 3.06. The number of amides is 1. The number of nitrogens with one attached hydrogen (secondary N) is 1. The molecule has 0 bridgehead atoms. The minimum absolute atomic E-state index is 0.0680. The molecular weight excluding hydrogens is 345 g/mol. The van der Waals surface area contributed by atoms with Crippen LogP contribution in [0.15, 0.2) is 41.2 Å². The zero-order valence-electron chi connectivity index (χ0n) is 13.1. The summed E-state index contributed by atoms with van der Waals surface area (Å²) in [6.07, 6.45) is 1.66. The molecule has 1 aliphatic heterocycles. The van der Waals surface area contributed by atoms with Gasteiger partial charge in [-0.1, -0.05) is 11.6 Å². The molecule has 1 amide bonds. The van der Waals surface area contributed by atoms with Gasteiger partial charge in [0.2, 0.25) is 0 Å². The van der Waals surface area contributed by atoms with Crippen LogP contribution in [0.5, 0.6) is 0 Å². The first kappa shape index (κ1) is 15.8. The number of nitrogens with zero attached hydrogens (tertiary/aromatic N) is 2. The number of carbonyl (C=O) groups is 1. The van der Waals surface area contributed by atoms with Crippen LogP contribution >= 0.6 is 11.6 Å². The first-order chi connectivity index (χ1) is 12.0. The standard InChI is InChI=1S/C18H13ClFN3O2/c19-13-9-11(4-6-14(13)20)21-17(24)10-3-5-12-15(8-10)22-16-2-1-7-23(16)18(12)25/h3-6,8-9H,1-2,7H2,(H,21,24). The summed E-state index contributed by atoms with van der Waals surface area (Å²) in [4.78, 5) is 29.4. The fraction of sp³-hybridized carbons (Fsp3) is 0.167. The first-order valence-corrected chi connectivity index (χ1v) is 8.20. The molecule has 7 heteroatoms. The Kier molecular flexibility index (Phi) is 3.77. The van der Waals surface area contributed by atoms with Crippen molar-refractivity contribution in [2.45, 2.75) is 19.4 Å². The summed E-state index contributed by atoms with van der Waals surface area (Å²) in [5.41, 5.74) is 1.18.